The van der Waals surface area contributed by atoms with Gasteiger partial charge in [0, 0.05) is 31.3 Å². The lowest BCUT2D eigenvalue weighted by atomic mass is 10.1. The first-order valence-corrected chi connectivity index (χ1v) is 10.2. The Kier molecular flexibility index (Phi) is 5.84. The van der Waals surface area contributed by atoms with Gasteiger partial charge in [0.15, 0.2) is 0 Å². The zero-order valence-corrected chi connectivity index (χ0v) is 17.0. The van der Waals surface area contributed by atoms with Crippen LogP contribution in [0.5, 0.6) is 5.75 Å². The zero-order chi connectivity index (χ0) is 20.9. The lowest BCUT2D eigenvalue weighted by molar-refractivity contribution is -0.125. The van der Waals surface area contributed by atoms with E-state index in [1.807, 2.05) is 73.8 Å². The van der Waals surface area contributed by atoms with Crippen LogP contribution < -0.4 is 15.0 Å². The van der Waals surface area contributed by atoms with E-state index in [2.05, 4.69) is 9.88 Å². The molecule has 0 atom stereocenters. The number of nitrogens with zero attached hydrogens (tertiary/aromatic N) is 2. The highest BCUT2D eigenvalue weighted by molar-refractivity contribution is 5.97. The fourth-order valence-electron chi connectivity index (χ4n) is 3.66. The highest BCUT2D eigenvalue weighted by Crippen LogP contribution is 2.32. The Hall–Kier alpha value is -3.54. The second-order valence-corrected chi connectivity index (χ2v) is 7.19. The highest BCUT2D eigenvalue weighted by Gasteiger charge is 2.25. The van der Waals surface area contributed by atoms with Crippen molar-refractivity contribution in [3.05, 3.63) is 78.1 Å². The summed E-state index contributed by atoms with van der Waals surface area (Å²) >= 11 is 0. The number of hydrogen-bond acceptors (Lipinski definition) is 3. The van der Waals surface area contributed by atoms with Crippen molar-refractivity contribution in [2.45, 2.75) is 32.9 Å². The van der Waals surface area contributed by atoms with Crippen LogP contribution in [0.15, 0.2) is 66.9 Å². The summed E-state index contributed by atoms with van der Waals surface area (Å²) in [5.74, 6) is 0.628. The molecule has 1 aliphatic rings. The molecule has 0 fully saturated rings. The second-order valence-electron chi connectivity index (χ2n) is 7.19. The van der Waals surface area contributed by atoms with Crippen LogP contribution in [-0.4, -0.2) is 23.0 Å². The van der Waals surface area contributed by atoms with Crippen molar-refractivity contribution < 1.29 is 14.3 Å². The Bertz CT molecular complexity index is 1040. The van der Waals surface area contributed by atoms with E-state index in [1.54, 1.807) is 4.90 Å². The molecular formula is C24H25N3O3. The third-order valence-electron chi connectivity index (χ3n) is 5.18. The van der Waals surface area contributed by atoms with Gasteiger partial charge in [-0.05, 0) is 48.9 Å². The first-order chi connectivity index (χ1) is 14.7. The molecule has 6 heteroatoms. The lowest BCUT2D eigenvalue weighted by Gasteiger charge is -2.31. The van der Waals surface area contributed by atoms with Crippen LogP contribution in [0.1, 0.15) is 31.0 Å². The van der Waals surface area contributed by atoms with Gasteiger partial charge in [-0.1, -0.05) is 24.3 Å². The average Bonchev–Trinajstić information content (AvgIpc) is 3.26. The number of amides is 2. The number of para-hydroxylation sites is 2. The van der Waals surface area contributed by atoms with Crippen LogP contribution in [0, 0.1) is 0 Å². The highest BCUT2D eigenvalue weighted by atomic mass is 16.5. The molecule has 1 aliphatic heterocycles. The second kappa shape index (κ2) is 8.86. The van der Waals surface area contributed by atoms with Crippen molar-refractivity contribution in [3.8, 4) is 11.4 Å². The van der Waals surface area contributed by atoms with Gasteiger partial charge >= 0.3 is 0 Å². The minimum absolute atomic E-state index is 0.0499. The van der Waals surface area contributed by atoms with Crippen LogP contribution in [-0.2, 0) is 22.7 Å². The Morgan fingerprint density at radius 3 is 2.50 bits per heavy atom. The van der Waals surface area contributed by atoms with E-state index >= 15 is 0 Å². The van der Waals surface area contributed by atoms with E-state index in [4.69, 9.17) is 4.74 Å². The van der Waals surface area contributed by atoms with E-state index in [0.717, 1.165) is 28.4 Å². The molecule has 154 valence electrons. The number of aromatic nitrogens is 1. The smallest absolute Gasteiger partial charge is 0.227 e. The topological polar surface area (TPSA) is 63.6 Å². The van der Waals surface area contributed by atoms with Crippen LogP contribution in [0.25, 0.3) is 5.69 Å². The minimum Gasteiger partial charge on any atom is -0.494 e. The van der Waals surface area contributed by atoms with Gasteiger partial charge in [0.25, 0.3) is 0 Å². The molecule has 2 heterocycles. The number of anilines is 1. The Balaban J connectivity index is 1.32. The third kappa shape index (κ3) is 4.22. The standard InChI is InChI=1S/C24H25N3O3/c1-2-30-20-11-9-18(10-12-20)16-25-23(28)13-14-24(29)27-17-19-6-5-15-26(19)21-7-3-4-8-22(21)27/h3-12,15H,2,13-14,16-17H2,1H3,(H,25,28). The molecule has 6 nitrogen and oxygen atoms in total. The van der Waals surface area contributed by atoms with Crippen LogP contribution >= 0.6 is 0 Å². The Morgan fingerprint density at radius 2 is 1.73 bits per heavy atom. The Morgan fingerprint density at radius 1 is 0.967 bits per heavy atom. The lowest BCUT2D eigenvalue weighted by Crippen LogP contribution is -2.35. The molecule has 0 saturated carbocycles. The summed E-state index contributed by atoms with van der Waals surface area (Å²) in [6, 6.07) is 19.5. The maximum Gasteiger partial charge on any atom is 0.227 e. The molecular weight excluding hydrogens is 378 g/mol. The molecule has 2 amide bonds. The van der Waals surface area contributed by atoms with E-state index < -0.39 is 0 Å². The molecule has 2 aromatic carbocycles. The fourth-order valence-corrected chi connectivity index (χ4v) is 3.66. The van der Waals surface area contributed by atoms with Gasteiger partial charge in [-0.3, -0.25) is 9.59 Å². The van der Waals surface area contributed by atoms with E-state index in [1.165, 1.54) is 0 Å². The maximum atomic E-state index is 12.9. The summed E-state index contributed by atoms with van der Waals surface area (Å²) in [5, 5.41) is 2.88. The van der Waals surface area contributed by atoms with Crippen molar-refractivity contribution >= 4 is 17.5 Å². The molecule has 4 rings (SSSR count). The van der Waals surface area contributed by atoms with Gasteiger partial charge in [0.2, 0.25) is 11.8 Å². The summed E-state index contributed by atoms with van der Waals surface area (Å²) in [4.78, 5) is 26.9. The number of hydrogen-bond donors (Lipinski definition) is 1. The van der Waals surface area contributed by atoms with Crippen molar-refractivity contribution in [3.63, 3.8) is 0 Å². The molecule has 0 spiro atoms. The summed E-state index contributed by atoms with van der Waals surface area (Å²) in [7, 11) is 0. The van der Waals surface area contributed by atoms with Crippen molar-refractivity contribution in [2.75, 3.05) is 11.5 Å². The normalized spacial score (nSPS) is 12.1. The molecule has 0 saturated heterocycles. The van der Waals surface area contributed by atoms with Gasteiger partial charge in [-0.15, -0.1) is 0 Å². The number of fused-ring (bicyclic) bond motifs is 3. The van der Waals surface area contributed by atoms with Gasteiger partial charge in [0.05, 0.1) is 24.5 Å². The molecule has 1 N–H and O–H groups in total. The zero-order valence-electron chi connectivity index (χ0n) is 17.0. The van der Waals surface area contributed by atoms with E-state index in [-0.39, 0.29) is 24.7 Å². The largest absolute Gasteiger partial charge is 0.494 e. The number of rotatable bonds is 7. The van der Waals surface area contributed by atoms with Crippen LogP contribution in [0.4, 0.5) is 5.69 Å². The van der Waals surface area contributed by atoms with Gasteiger partial charge in [0.1, 0.15) is 5.75 Å². The van der Waals surface area contributed by atoms with Gasteiger partial charge < -0.3 is 19.5 Å². The Labute approximate surface area is 176 Å². The number of carbonyl (C=O) groups is 2. The molecule has 0 aliphatic carbocycles. The van der Waals surface area contributed by atoms with E-state index in [9.17, 15) is 9.59 Å². The average molecular weight is 403 g/mol. The SMILES string of the molecule is CCOc1ccc(CNC(=O)CCC(=O)N2Cc3cccn3-c3ccccc32)cc1. The maximum absolute atomic E-state index is 12.9. The fraction of sp³-hybridized carbons (Fsp3) is 0.250. The van der Waals surface area contributed by atoms with Crippen molar-refractivity contribution in [1.29, 1.82) is 0 Å². The van der Waals surface area contributed by atoms with E-state index in [0.29, 0.717) is 19.7 Å². The summed E-state index contributed by atoms with van der Waals surface area (Å²) in [6.45, 7) is 3.50. The first-order valence-electron chi connectivity index (χ1n) is 10.2. The monoisotopic (exact) mass is 403 g/mol. The molecule has 30 heavy (non-hydrogen) atoms. The number of benzene rings is 2. The predicted octanol–water partition coefficient (Wildman–Crippen LogP) is 3.82. The molecule has 0 unspecified atom stereocenters. The first kappa shape index (κ1) is 19.8. The van der Waals surface area contributed by atoms with Gasteiger partial charge in [-0.2, -0.15) is 0 Å². The van der Waals surface area contributed by atoms with Crippen LogP contribution in [0.3, 0.4) is 0 Å². The quantitative estimate of drug-likeness (QED) is 0.652. The summed E-state index contributed by atoms with van der Waals surface area (Å²) < 4.78 is 7.52. The molecule has 0 radical (unpaired) electrons. The van der Waals surface area contributed by atoms with Crippen molar-refractivity contribution in [1.82, 2.24) is 9.88 Å². The summed E-state index contributed by atoms with van der Waals surface area (Å²) in [5.41, 5.74) is 3.91. The third-order valence-corrected chi connectivity index (χ3v) is 5.18. The molecule has 0 bridgehead atoms. The van der Waals surface area contributed by atoms with Crippen molar-refractivity contribution in [2.24, 2.45) is 0 Å². The minimum atomic E-state index is -0.133. The number of carbonyl (C=O) groups excluding carboxylic acids is 2. The number of ether oxygens (including phenoxy) is 1. The predicted molar refractivity (Wildman–Crippen MR) is 116 cm³/mol. The molecule has 1 aromatic heterocycles. The van der Waals surface area contributed by atoms with Crippen LogP contribution in [0.2, 0.25) is 0 Å². The number of nitrogens with one attached hydrogen (secondary N) is 1. The van der Waals surface area contributed by atoms with Gasteiger partial charge in [-0.25, -0.2) is 0 Å². The summed E-state index contributed by atoms with van der Waals surface area (Å²) in [6.07, 6.45) is 2.34. The molecule has 3 aromatic rings.